The molecule has 1 amide bonds. The van der Waals surface area contributed by atoms with Crippen LogP contribution >= 0.6 is 0 Å². The van der Waals surface area contributed by atoms with Crippen LogP contribution in [0.4, 0.5) is 5.69 Å². The Morgan fingerprint density at radius 3 is 2.86 bits per heavy atom. The number of aryl methyl sites for hydroxylation is 1. The number of nitrogens with zero attached hydrogens (tertiary/aromatic N) is 1. The minimum Gasteiger partial charge on any atom is -0.490 e. The zero-order valence-corrected chi connectivity index (χ0v) is 12.4. The molecule has 112 valence electrons. The number of carbonyl (C=O) groups excluding carboxylic acids is 1. The summed E-state index contributed by atoms with van der Waals surface area (Å²) < 4.78 is 5.77. The second-order valence-corrected chi connectivity index (χ2v) is 5.59. The predicted octanol–water partition coefficient (Wildman–Crippen LogP) is 2.15. The van der Waals surface area contributed by atoms with Crippen molar-refractivity contribution in [3.8, 4) is 5.75 Å². The molecule has 1 aromatic rings. The van der Waals surface area contributed by atoms with E-state index in [9.17, 15) is 9.90 Å². The molecular formula is C17H21NO3. The molecule has 4 heteroatoms. The fraction of sp³-hybridized carbons (Fsp3) is 0.471. The molecule has 0 aromatic heterocycles. The van der Waals surface area contributed by atoms with Crippen LogP contribution in [0.1, 0.15) is 29.5 Å². The van der Waals surface area contributed by atoms with Crippen LogP contribution in [0.5, 0.6) is 5.75 Å². The molecule has 0 spiro atoms. The average molecular weight is 287 g/mol. The molecular weight excluding hydrogens is 266 g/mol. The second kappa shape index (κ2) is 5.90. The summed E-state index contributed by atoms with van der Waals surface area (Å²) in [7, 11) is 0. The van der Waals surface area contributed by atoms with Gasteiger partial charge < -0.3 is 14.7 Å². The van der Waals surface area contributed by atoms with Crippen LogP contribution < -0.4 is 9.64 Å². The first-order valence-electron chi connectivity index (χ1n) is 7.56. The van der Waals surface area contributed by atoms with E-state index in [1.165, 1.54) is 11.1 Å². The molecule has 1 aliphatic heterocycles. The van der Waals surface area contributed by atoms with E-state index in [4.69, 9.17) is 4.74 Å². The normalized spacial score (nSPS) is 18.9. The maximum absolute atomic E-state index is 12.0. The largest absolute Gasteiger partial charge is 0.490 e. The van der Waals surface area contributed by atoms with Gasteiger partial charge in [0.05, 0.1) is 12.2 Å². The standard InChI is InChI=1S/C17H21NO3/c1-12-14-7-5-3-2-4-6-13(14)10-15-17(12)18(8-9-21-15)16(20)11-19/h2-3,10,19H,4-9,11H2,1H3/b3-2-. The molecule has 0 radical (unpaired) electrons. The van der Waals surface area contributed by atoms with Crippen LogP contribution in [-0.2, 0) is 17.6 Å². The molecule has 1 heterocycles. The molecule has 0 atom stereocenters. The van der Waals surface area contributed by atoms with Gasteiger partial charge in [0, 0.05) is 0 Å². The monoisotopic (exact) mass is 287 g/mol. The van der Waals surface area contributed by atoms with Crippen molar-refractivity contribution in [3.05, 3.63) is 34.9 Å². The van der Waals surface area contributed by atoms with Crippen molar-refractivity contribution in [1.29, 1.82) is 0 Å². The summed E-state index contributed by atoms with van der Waals surface area (Å²) >= 11 is 0. The van der Waals surface area contributed by atoms with Crippen LogP contribution in [0.3, 0.4) is 0 Å². The molecule has 3 rings (SSSR count). The number of ether oxygens (including phenoxy) is 1. The number of benzene rings is 1. The maximum atomic E-state index is 12.0. The van der Waals surface area contributed by atoms with E-state index in [0.717, 1.165) is 42.7 Å². The Hall–Kier alpha value is -1.81. The quantitative estimate of drug-likeness (QED) is 0.805. The molecule has 2 aliphatic rings. The van der Waals surface area contributed by atoms with Gasteiger partial charge in [-0.1, -0.05) is 12.2 Å². The van der Waals surface area contributed by atoms with Gasteiger partial charge in [0.1, 0.15) is 19.0 Å². The van der Waals surface area contributed by atoms with Crippen molar-refractivity contribution in [2.45, 2.75) is 32.6 Å². The van der Waals surface area contributed by atoms with Crippen molar-refractivity contribution >= 4 is 11.6 Å². The Kier molecular flexibility index (Phi) is 3.97. The molecule has 0 saturated carbocycles. The van der Waals surface area contributed by atoms with Crippen molar-refractivity contribution in [1.82, 2.24) is 0 Å². The fourth-order valence-electron chi connectivity index (χ4n) is 3.29. The zero-order chi connectivity index (χ0) is 14.8. The molecule has 0 saturated heterocycles. The van der Waals surface area contributed by atoms with Crippen LogP contribution in [0.25, 0.3) is 0 Å². The third-order valence-electron chi connectivity index (χ3n) is 4.32. The summed E-state index contributed by atoms with van der Waals surface area (Å²) in [5.74, 6) is 0.525. The lowest BCUT2D eigenvalue weighted by Crippen LogP contribution is -2.40. The number of hydrogen-bond acceptors (Lipinski definition) is 3. The van der Waals surface area contributed by atoms with Crippen LogP contribution in [0.2, 0.25) is 0 Å². The van der Waals surface area contributed by atoms with E-state index in [2.05, 4.69) is 25.1 Å². The third kappa shape index (κ3) is 2.56. The predicted molar refractivity (Wildman–Crippen MR) is 81.9 cm³/mol. The lowest BCUT2D eigenvalue weighted by atomic mass is 9.90. The van der Waals surface area contributed by atoms with Gasteiger partial charge in [0.2, 0.25) is 0 Å². The van der Waals surface area contributed by atoms with Crippen LogP contribution in [-0.4, -0.2) is 30.8 Å². The highest BCUT2D eigenvalue weighted by atomic mass is 16.5. The summed E-state index contributed by atoms with van der Waals surface area (Å²) in [6, 6.07) is 2.09. The Morgan fingerprint density at radius 2 is 2.10 bits per heavy atom. The number of amides is 1. The van der Waals surface area contributed by atoms with E-state index in [0.29, 0.717) is 13.2 Å². The molecule has 0 fully saturated rings. The fourth-order valence-corrected chi connectivity index (χ4v) is 3.29. The van der Waals surface area contributed by atoms with Gasteiger partial charge in [-0.3, -0.25) is 4.79 Å². The highest BCUT2D eigenvalue weighted by molar-refractivity contribution is 5.97. The highest BCUT2D eigenvalue weighted by Crippen LogP contribution is 2.40. The summed E-state index contributed by atoms with van der Waals surface area (Å²) in [6.45, 7) is 2.59. The minimum absolute atomic E-state index is 0.256. The topological polar surface area (TPSA) is 49.8 Å². The minimum atomic E-state index is -0.460. The van der Waals surface area contributed by atoms with Crippen molar-refractivity contribution in [3.63, 3.8) is 0 Å². The first-order chi connectivity index (χ1) is 10.2. The SMILES string of the molecule is Cc1c2c(cc3c1N(C(=O)CO)CCO3)CC/C=C\CC2. The van der Waals surface area contributed by atoms with Gasteiger partial charge in [0.15, 0.2) is 0 Å². The second-order valence-electron chi connectivity index (χ2n) is 5.59. The number of aliphatic hydroxyl groups excluding tert-OH is 1. The smallest absolute Gasteiger partial charge is 0.252 e. The van der Waals surface area contributed by atoms with E-state index in [1.54, 1.807) is 4.90 Å². The molecule has 0 unspecified atom stereocenters. The van der Waals surface area contributed by atoms with Gasteiger partial charge in [-0.15, -0.1) is 0 Å². The number of allylic oxidation sites excluding steroid dienone is 2. The zero-order valence-electron chi connectivity index (χ0n) is 12.4. The third-order valence-corrected chi connectivity index (χ3v) is 4.32. The van der Waals surface area contributed by atoms with Crippen molar-refractivity contribution in [2.75, 3.05) is 24.7 Å². The van der Waals surface area contributed by atoms with Crippen LogP contribution in [0.15, 0.2) is 18.2 Å². The summed E-state index contributed by atoms with van der Waals surface area (Å²) in [6.07, 6.45) is 8.55. The van der Waals surface area contributed by atoms with E-state index < -0.39 is 6.61 Å². The average Bonchev–Trinajstić information content (AvgIpc) is 2.48. The lowest BCUT2D eigenvalue weighted by Gasteiger charge is -2.32. The van der Waals surface area contributed by atoms with E-state index in [1.807, 2.05) is 0 Å². The Morgan fingerprint density at radius 1 is 1.33 bits per heavy atom. The van der Waals surface area contributed by atoms with E-state index >= 15 is 0 Å². The van der Waals surface area contributed by atoms with Gasteiger partial charge in [-0.2, -0.15) is 0 Å². The van der Waals surface area contributed by atoms with Gasteiger partial charge in [0.25, 0.3) is 5.91 Å². The number of anilines is 1. The highest BCUT2D eigenvalue weighted by Gasteiger charge is 2.27. The first-order valence-corrected chi connectivity index (χ1v) is 7.56. The van der Waals surface area contributed by atoms with Crippen LogP contribution in [0, 0.1) is 6.92 Å². The number of aliphatic hydroxyl groups is 1. The van der Waals surface area contributed by atoms with Gasteiger partial charge in [-0.25, -0.2) is 0 Å². The van der Waals surface area contributed by atoms with Crippen molar-refractivity contribution < 1.29 is 14.6 Å². The summed E-state index contributed by atoms with van der Waals surface area (Å²) in [5.41, 5.74) is 4.64. The number of hydrogen-bond donors (Lipinski definition) is 1. The molecule has 1 aromatic carbocycles. The molecule has 1 aliphatic carbocycles. The maximum Gasteiger partial charge on any atom is 0.252 e. The summed E-state index contributed by atoms with van der Waals surface area (Å²) in [5, 5.41) is 9.18. The molecule has 21 heavy (non-hydrogen) atoms. The molecule has 4 nitrogen and oxygen atoms in total. The Labute approximate surface area is 125 Å². The molecule has 0 bridgehead atoms. The summed E-state index contributed by atoms with van der Waals surface area (Å²) in [4.78, 5) is 13.7. The number of fused-ring (bicyclic) bond motifs is 2. The number of carbonyl (C=O) groups is 1. The first kappa shape index (κ1) is 14.1. The Bertz CT molecular complexity index is 592. The van der Waals surface area contributed by atoms with Crippen molar-refractivity contribution in [2.24, 2.45) is 0 Å². The van der Waals surface area contributed by atoms with Gasteiger partial charge in [-0.05, 0) is 55.4 Å². The number of rotatable bonds is 1. The van der Waals surface area contributed by atoms with Gasteiger partial charge >= 0.3 is 0 Å². The molecule has 1 N–H and O–H groups in total. The van der Waals surface area contributed by atoms with E-state index in [-0.39, 0.29) is 5.91 Å². The Balaban J connectivity index is 2.10. The lowest BCUT2D eigenvalue weighted by molar-refractivity contribution is -0.121.